The highest BCUT2D eigenvalue weighted by molar-refractivity contribution is 7.49. The minimum atomic E-state index is -4.63. The maximum absolute atomic E-state index is 13.0. The van der Waals surface area contributed by atoms with E-state index in [1.165, 1.54) is 89.9 Å². The van der Waals surface area contributed by atoms with Gasteiger partial charge in [-0.1, -0.05) is 142 Å². The Bertz CT molecular complexity index is 674. The third-order valence-corrected chi connectivity index (χ3v) is 8.45. The second kappa shape index (κ2) is 27.4. The fraction of sp³-hybridized carbons (Fsp3) is 0.903. The van der Waals surface area contributed by atoms with Gasteiger partial charge in [0.25, 0.3) is 0 Å². The van der Waals surface area contributed by atoms with Crippen LogP contribution in [0.4, 0.5) is 0 Å². The highest BCUT2D eigenvalue weighted by Gasteiger charge is 2.36. The Morgan fingerprint density at radius 2 is 0.878 bits per heavy atom. The van der Waals surface area contributed by atoms with Gasteiger partial charge < -0.3 is 19.9 Å². The molecule has 0 aromatic carbocycles. The summed E-state index contributed by atoms with van der Waals surface area (Å²) in [6, 6.07) is -1.50. The molecule has 41 heavy (non-hydrogen) atoms. The van der Waals surface area contributed by atoms with Gasteiger partial charge in [-0.25, -0.2) is 4.57 Å². The van der Waals surface area contributed by atoms with Crippen LogP contribution in [-0.2, 0) is 32.5 Å². The van der Waals surface area contributed by atoms with Crippen LogP contribution in [0.25, 0.3) is 0 Å². The van der Waals surface area contributed by atoms with Crippen molar-refractivity contribution in [1.82, 2.24) is 0 Å². The molecule has 0 aliphatic rings. The van der Waals surface area contributed by atoms with Crippen LogP contribution in [0, 0.1) is 0 Å². The number of phosphoric acid groups is 1. The van der Waals surface area contributed by atoms with Gasteiger partial charge in [0.1, 0.15) is 6.04 Å². The highest BCUT2D eigenvalue weighted by atomic mass is 31.2. The number of rotatable bonds is 30. The van der Waals surface area contributed by atoms with Gasteiger partial charge >= 0.3 is 25.7 Å². The van der Waals surface area contributed by atoms with E-state index in [0.29, 0.717) is 12.8 Å². The van der Waals surface area contributed by atoms with Crippen molar-refractivity contribution >= 4 is 25.7 Å². The summed E-state index contributed by atoms with van der Waals surface area (Å²) in [4.78, 5) is 35.7. The first kappa shape index (κ1) is 39.6. The van der Waals surface area contributed by atoms with Gasteiger partial charge in [0.05, 0.1) is 6.61 Å². The number of hydrogen-bond acceptors (Lipinski definition) is 8. The predicted molar refractivity (Wildman–Crippen MR) is 164 cm³/mol. The van der Waals surface area contributed by atoms with E-state index in [1.54, 1.807) is 0 Å². The normalized spacial score (nSPS) is 12.3. The number of carbonyl (C=O) groups excluding carboxylic acids is 2. The van der Waals surface area contributed by atoms with Crippen LogP contribution >= 0.6 is 7.82 Å². The zero-order chi connectivity index (χ0) is 30.6. The second-order valence-electron chi connectivity index (χ2n) is 11.2. The Balaban J connectivity index is 4.30. The molecule has 3 N–H and O–H groups in total. The molecule has 0 aliphatic heterocycles. The van der Waals surface area contributed by atoms with E-state index in [2.05, 4.69) is 13.8 Å². The van der Waals surface area contributed by atoms with E-state index in [-0.39, 0.29) is 12.8 Å². The summed E-state index contributed by atoms with van der Waals surface area (Å²) in [6.45, 7) is 3.71. The van der Waals surface area contributed by atoms with Crippen LogP contribution in [0.1, 0.15) is 168 Å². The van der Waals surface area contributed by atoms with E-state index in [4.69, 9.17) is 24.4 Å². The standard InChI is InChI=1S/C31H60NO8P/c1-3-5-7-9-11-13-15-17-19-21-23-25-29(33)39-41(37,38-27-28(32)31(35)36)40-30(34)26-24-22-20-18-16-14-12-10-8-6-4-2/h28H,3-27,32H2,1-2H3,(H,35,36)/t28-/m0/s1. The number of carboxylic acids is 1. The Morgan fingerprint density at radius 3 is 1.17 bits per heavy atom. The Labute approximate surface area is 249 Å². The van der Waals surface area contributed by atoms with Crippen LogP contribution in [0.5, 0.6) is 0 Å². The van der Waals surface area contributed by atoms with Gasteiger partial charge in [0, 0.05) is 12.8 Å². The van der Waals surface area contributed by atoms with Gasteiger partial charge in [-0.15, -0.1) is 0 Å². The molecule has 9 nitrogen and oxygen atoms in total. The molecule has 0 amide bonds. The lowest BCUT2D eigenvalue weighted by molar-refractivity contribution is -0.141. The molecule has 0 aliphatic carbocycles. The maximum atomic E-state index is 13.0. The summed E-state index contributed by atoms with van der Waals surface area (Å²) in [5.41, 5.74) is 5.42. The van der Waals surface area contributed by atoms with Crippen LogP contribution in [0.2, 0.25) is 0 Å². The lowest BCUT2D eigenvalue weighted by Crippen LogP contribution is -2.34. The molecule has 10 heteroatoms. The first-order valence-corrected chi connectivity index (χ1v) is 17.9. The van der Waals surface area contributed by atoms with E-state index >= 15 is 0 Å². The Morgan fingerprint density at radius 1 is 0.585 bits per heavy atom. The minimum Gasteiger partial charge on any atom is -0.480 e. The lowest BCUT2D eigenvalue weighted by Gasteiger charge is -2.18. The maximum Gasteiger partial charge on any atom is 0.592 e. The average molecular weight is 606 g/mol. The van der Waals surface area contributed by atoms with Crippen LogP contribution in [-0.4, -0.2) is 35.7 Å². The van der Waals surface area contributed by atoms with Gasteiger partial charge in [-0.05, 0) is 12.8 Å². The van der Waals surface area contributed by atoms with Gasteiger partial charge in [0.2, 0.25) is 0 Å². The average Bonchev–Trinajstić information content (AvgIpc) is 2.93. The molecular formula is C31H60NO8P. The van der Waals surface area contributed by atoms with Gasteiger partial charge in [-0.2, -0.15) is 0 Å². The zero-order valence-corrected chi connectivity index (χ0v) is 27.0. The van der Waals surface area contributed by atoms with E-state index in [9.17, 15) is 18.9 Å². The molecule has 0 fully saturated rings. The summed E-state index contributed by atoms with van der Waals surface area (Å²) in [6.07, 6.45) is 24.7. The highest BCUT2D eigenvalue weighted by Crippen LogP contribution is 2.50. The first-order chi connectivity index (χ1) is 19.7. The van der Waals surface area contributed by atoms with E-state index in [1.807, 2.05) is 0 Å². The van der Waals surface area contributed by atoms with Crippen molar-refractivity contribution < 1.29 is 37.6 Å². The summed E-state index contributed by atoms with van der Waals surface area (Å²) < 4.78 is 27.9. The molecule has 0 heterocycles. The molecule has 0 aromatic rings. The van der Waals surface area contributed by atoms with Crippen LogP contribution < -0.4 is 5.73 Å². The SMILES string of the molecule is CCCCCCCCCCCCCC(=O)OP(=O)(OC[C@H](N)C(=O)O)OC(=O)CCCCCCCCCCCCC. The molecule has 0 saturated heterocycles. The van der Waals surface area contributed by atoms with E-state index in [0.717, 1.165) is 38.5 Å². The largest absolute Gasteiger partial charge is 0.592 e. The van der Waals surface area contributed by atoms with Crippen LogP contribution in [0.3, 0.4) is 0 Å². The van der Waals surface area contributed by atoms with Crippen molar-refractivity contribution in [3.05, 3.63) is 0 Å². The Kier molecular flexibility index (Phi) is 26.4. The zero-order valence-electron chi connectivity index (χ0n) is 26.1. The van der Waals surface area contributed by atoms with Gasteiger partial charge in [0.15, 0.2) is 0 Å². The fourth-order valence-corrected chi connectivity index (χ4v) is 5.69. The number of nitrogens with two attached hydrogens (primary N) is 1. The first-order valence-electron chi connectivity index (χ1n) is 16.4. The summed E-state index contributed by atoms with van der Waals surface area (Å²) >= 11 is 0. The number of aliphatic carboxylic acids is 1. The molecule has 0 spiro atoms. The molecule has 242 valence electrons. The van der Waals surface area contributed by atoms with Crippen molar-refractivity contribution in [2.45, 2.75) is 174 Å². The number of hydrogen-bond donors (Lipinski definition) is 2. The summed E-state index contributed by atoms with van der Waals surface area (Å²) in [5, 5.41) is 8.97. The number of unbranched alkanes of at least 4 members (excludes halogenated alkanes) is 20. The predicted octanol–water partition coefficient (Wildman–Crippen LogP) is 9.01. The molecule has 0 saturated carbocycles. The lowest BCUT2D eigenvalue weighted by atomic mass is 10.1. The monoisotopic (exact) mass is 605 g/mol. The van der Waals surface area contributed by atoms with Gasteiger partial charge in [-0.3, -0.25) is 18.9 Å². The quantitative estimate of drug-likeness (QED) is 0.0605. The molecule has 0 bridgehead atoms. The van der Waals surface area contributed by atoms with Crippen LogP contribution in [0.15, 0.2) is 0 Å². The molecule has 0 unspecified atom stereocenters. The van der Waals surface area contributed by atoms with Crippen molar-refractivity contribution in [3.8, 4) is 0 Å². The minimum absolute atomic E-state index is 0.00546. The summed E-state index contributed by atoms with van der Waals surface area (Å²) in [5.74, 6) is -3.00. The molecule has 0 radical (unpaired) electrons. The second-order valence-corrected chi connectivity index (χ2v) is 12.7. The van der Waals surface area contributed by atoms with Crippen molar-refractivity contribution in [1.29, 1.82) is 0 Å². The third kappa shape index (κ3) is 26.0. The number of carbonyl (C=O) groups is 3. The Hall–Kier alpha value is -1.44. The molecule has 1 atom stereocenters. The van der Waals surface area contributed by atoms with E-state index < -0.39 is 38.4 Å². The molecule has 0 rings (SSSR count). The smallest absolute Gasteiger partial charge is 0.480 e. The molecular weight excluding hydrogens is 545 g/mol. The fourth-order valence-electron chi connectivity index (χ4n) is 4.52. The van der Waals surface area contributed by atoms with Crippen molar-refractivity contribution in [2.75, 3.05) is 6.61 Å². The third-order valence-electron chi connectivity index (χ3n) is 7.13. The topological polar surface area (TPSA) is 142 Å². The summed E-state index contributed by atoms with van der Waals surface area (Å²) in [7, 11) is -4.63. The number of phosphoric ester groups is 1. The number of carboxylic acid groups (broad SMARTS) is 1. The van der Waals surface area contributed by atoms with Crippen molar-refractivity contribution in [3.63, 3.8) is 0 Å². The molecule has 0 aromatic heterocycles. The van der Waals surface area contributed by atoms with Crippen molar-refractivity contribution in [2.24, 2.45) is 5.73 Å².